The summed E-state index contributed by atoms with van der Waals surface area (Å²) < 4.78 is 11.9. The Morgan fingerprint density at radius 3 is 1.79 bits per heavy atom. The molecule has 0 radical (unpaired) electrons. The molecule has 0 unspecified atom stereocenters. The number of hydrogen-bond acceptors (Lipinski definition) is 5. The van der Waals surface area contributed by atoms with E-state index in [0.717, 1.165) is 45.6 Å². The zero-order chi connectivity index (χ0) is 34.9. The van der Waals surface area contributed by atoms with Gasteiger partial charge in [0.25, 0.3) is 0 Å². The van der Waals surface area contributed by atoms with Gasteiger partial charge < -0.3 is 14.5 Å². The van der Waals surface area contributed by atoms with Crippen molar-refractivity contribution in [1.29, 1.82) is 0 Å². The minimum atomic E-state index is 0.811. The number of thiophene rings is 2. The predicted octanol–water partition coefficient (Wildman–Crippen LogP) is 15.1. The van der Waals surface area contributed by atoms with E-state index in [9.17, 15) is 0 Å². The molecule has 250 valence electrons. The topological polar surface area (TPSA) is 15.7 Å². The summed E-state index contributed by atoms with van der Waals surface area (Å²) in [6.07, 6.45) is 0. The van der Waals surface area contributed by atoms with E-state index in [1.165, 1.54) is 51.5 Å². The van der Waals surface area contributed by atoms with Gasteiger partial charge >= 0.3 is 0 Å². The van der Waals surface area contributed by atoms with E-state index in [-0.39, 0.29) is 0 Å². The van der Waals surface area contributed by atoms with Crippen molar-refractivity contribution in [3.05, 3.63) is 182 Å². The SMILES string of the molecule is c1ccc(-c2ccc(N(c3ccc4c(c3)Oc3ccccc3N4c3ccc4c(c3)sc3ccccc34)c3ccc4sc5ccccc5c4c3)cc2)cc1. The average molecular weight is 715 g/mol. The molecule has 0 N–H and O–H groups in total. The van der Waals surface area contributed by atoms with Crippen LogP contribution in [-0.2, 0) is 0 Å². The van der Waals surface area contributed by atoms with Gasteiger partial charge in [-0.3, -0.25) is 0 Å². The van der Waals surface area contributed by atoms with Crippen LogP contribution in [0.25, 0.3) is 51.5 Å². The highest BCUT2D eigenvalue weighted by Crippen LogP contribution is 2.53. The van der Waals surface area contributed by atoms with Crippen molar-refractivity contribution in [3.63, 3.8) is 0 Å². The van der Waals surface area contributed by atoms with Crippen LogP contribution in [0.3, 0.4) is 0 Å². The molecule has 3 nitrogen and oxygen atoms in total. The number of para-hydroxylation sites is 2. The Morgan fingerprint density at radius 2 is 0.962 bits per heavy atom. The van der Waals surface area contributed by atoms with Gasteiger partial charge in [-0.25, -0.2) is 0 Å². The first-order valence-corrected chi connectivity index (χ1v) is 19.4. The average Bonchev–Trinajstić information content (AvgIpc) is 3.78. The Labute approximate surface area is 314 Å². The van der Waals surface area contributed by atoms with Crippen molar-refractivity contribution < 1.29 is 4.74 Å². The maximum atomic E-state index is 6.76. The zero-order valence-electron chi connectivity index (χ0n) is 28.4. The standard InChI is InChI=1S/C48H30N2OS2/c1-2-10-31(11-3-1)32-18-20-33(21-19-32)49(34-24-27-47-40(28-34)38-13-5-9-17-46(38)52-47)35-23-26-42-44(29-35)51-43-15-7-6-14-41(43)50(42)36-22-25-39-37-12-4-8-16-45(37)53-48(39)30-36/h1-30H. The Kier molecular flexibility index (Phi) is 6.90. The van der Waals surface area contributed by atoms with Gasteiger partial charge in [0.05, 0.1) is 11.4 Å². The molecule has 3 heterocycles. The summed E-state index contributed by atoms with van der Waals surface area (Å²) in [6, 6.07) is 65.4. The van der Waals surface area contributed by atoms with E-state index in [1.807, 2.05) is 28.7 Å². The fourth-order valence-corrected chi connectivity index (χ4v) is 9.98. The van der Waals surface area contributed by atoms with E-state index in [0.29, 0.717) is 0 Å². The van der Waals surface area contributed by atoms with Crippen molar-refractivity contribution in [2.75, 3.05) is 9.80 Å². The van der Waals surface area contributed by atoms with Gasteiger partial charge in [0.15, 0.2) is 11.5 Å². The summed E-state index contributed by atoms with van der Waals surface area (Å²) in [5.41, 5.74) is 8.72. The summed E-state index contributed by atoms with van der Waals surface area (Å²) in [4.78, 5) is 4.68. The molecule has 0 aliphatic carbocycles. The Balaban J connectivity index is 1.07. The molecule has 1 aliphatic heterocycles. The van der Waals surface area contributed by atoms with Crippen LogP contribution in [0.15, 0.2) is 182 Å². The van der Waals surface area contributed by atoms with E-state index in [1.54, 1.807) is 0 Å². The molecular formula is C48H30N2OS2. The molecule has 0 saturated heterocycles. The summed E-state index contributed by atoms with van der Waals surface area (Å²) in [6.45, 7) is 0. The highest BCUT2D eigenvalue weighted by atomic mass is 32.1. The molecule has 0 bridgehead atoms. The second kappa shape index (κ2) is 12.1. The summed E-state index contributed by atoms with van der Waals surface area (Å²) in [5, 5.41) is 5.14. The van der Waals surface area contributed by atoms with Crippen molar-refractivity contribution in [2.24, 2.45) is 0 Å². The third kappa shape index (κ3) is 5.01. The monoisotopic (exact) mass is 714 g/mol. The molecule has 1 aliphatic rings. The lowest BCUT2D eigenvalue weighted by Crippen LogP contribution is -2.16. The summed E-state index contributed by atoms with van der Waals surface area (Å²) >= 11 is 3.68. The van der Waals surface area contributed by atoms with Gasteiger partial charge in [-0.2, -0.15) is 0 Å². The molecule has 0 saturated carbocycles. The first-order valence-electron chi connectivity index (χ1n) is 17.7. The van der Waals surface area contributed by atoms with Gasteiger partial charge in [-0.15, -0.1) is 22.7 Å². The Morgan fingerprint density at radius 1 is 0.377 bits per heavy atom. The zero-order valence-corrected chi connectivity index (χ0v) is 30.1. The number of nitrogens with zero attached hydrogens (tertiary/aromatic N) is 2. The number of hydrogen-bond donors (Lipinski definition) is 0. The lowest BCUT2D eigenvalue weighted by atomic mass is 10.0. The minimum Gasteiger partial charge on any atom is -0.453 e. The smallest absolute Gasteiger partial charge is 0.153 e. The van der Waals surface area contributed by atoms with Gasteiger partial charge in [0.2, 0.25) is 0 Å². The van der Waals surface area contributed by atoms with E-state index in [2.05, 4.69) is 186 Å². The van der Waals surface area contributed by atoms with Crippen LogP contribution < -0.4 is 14.5 Å². The predicted molar refractivity (Wildman–Crippen MR) is 227 cm³/mol. The van der Waals surface area contributed by atoms with Crippen molar-refractivity contribution in [2.45, 2.75) is 0 Å². The third-order valence-corrected chi connectivity index (χ3v) is 12.5. The maximum absolute atomic E-state index is 6.76. The molecule has 0 atom stereocenters. The number of rotatable bonds is 5. The number of fused-ring (bicyclic) bond motifs is 8. The lowest BCUT2D eigenvalue weighted by molar-refractivity contribution is 0.477. The van der Waals surface area contributed by atoms with Crippen molar-refractivity contribution >= 4 is 97.1 Å². The van der Waals surface area contributed by atoms with Gasteiger partial charge in [0, 0.05) is 69.2 Å². The van der Waals surface area contributed by atoms with E-state index in [4.69, 9.17) is 4.74 Å². The Hall–Kier alpha value is -6.40. The maximum Gasteiger partial charge on any atom is 0.153 e. The van der Waals surface area contributed by atoms with Crippen LogP contribution in [0.2, 0.25) is 0 Å². The van der Waals surface area contributed by atoms with E-state index < -0.39 is 0 Å². The molecule has 0 fully saturated rings. The van der Waals surface area contributed by atoms with Gasteiger partial charge in [0.1, 0.15) is 0 Å². The molecule has 10 aromatic rings. The molecule has 11 rings (SSSR count). The highest BCUT2D eigenvalue weighted by Gasteiger charge is 2.28. The number of ether oxygens (including phenoxy) is 1. The van der Waals surface area contributed by atoms with Gasteiger partial charge in [-0.1, -0.05) is 97.1 Å². The second-order valence-corrected chi connectivity index (χ2v) is 15.5. The van der Waals surface area contributed by atoms with Crippen LogP contribution in [0.5, 0.6) is 11.5 Å². The van der Waals surface area contributed by atoms with Crippen molar-refractivity contribution in [1.82, 2.24) is 0 Å². The summed E-state index contributed by atoms with van der Waals surface area (Å²) in [7, 11) is 0. The van der Waals surface area contributed by atoms with Crippen LogP contribution >= 0.6 is 22.7 Å². The molecule has 2 aromatic heterocycles. The first kappa shape index (κ1) is 30.2. The van der Waals surface area contributed by atoms with Gasteiger partial charge in [-0.05, 0) is 90.0 Å². The van der Waals surface area contributed by atoms with Crippen LogP contribution in [0.1, 0.15) is 0 Å². The number of benzene rings is 8. The van der Waals surface area contributed by atoms with Crippen molar-refractivity contribution in [3.8, 4) is 22.6 Å². The number of anilines is 6. The van der Waals surface area contributed by atoms with Crippen LogP contribution in [-0.4, -0.2) is 0 Å². The third-order valence-electron chi connectivity index (χ3n) is 10.2. The minimum absolute atomic E-state index is 0.811. The largest absolute Gasteiger partial charge is 0.453 e. The van der Waals surface area contributed by atoms with E-state index >= 15 is 0 Å². The van der Waals surface area contributed by atoms with Crippen LogP contribution in [0, 0.1) is 0 Å². The summed E-state index contributed by atoms with van der Waals surface area (Å²) in [5.74, 6) is 1.64. The molecular weight excluding hydrogens is 685 g/mol. The normalized spacial score (nSPS) is 12.3. The highest BCUT2D eigenvalue weighted by molar-refractivity contribution is 7.26. The fourth-order valence-electron chi connectivity index (χ4n) is 7.75. The molecule has 53 heavy (non-hydrogen) atoms. The molecule has 0 spiro atoms. The molecule has 8 aromatic carbocycles. The Bertz CT molecular complexity index is 3000. The van der Waals surface area contributed by atoms with Crippen LogP contribution in [0.4, 0.5) is 34.1 Å². The first-order chi connectivity index (χ1) is 26.2. The lowest BCUT2D eigenvalue weighted by Gasteiger charge is -2.34. The molecule has 5 heteroatoms. The fraction of sp³-hybridized carbons (Fsp3) is 0. The molecule has 0 amide bonds. The second-order valence-electron chi connectivity index (χ2n) is 13.4. The quantitative estimate of drug-likeness (QED) is 0.177.